The number of anilines is 1. The molecule has 1 amide bonds. The molecule has 0 radical (unpaired) electrons. The summed E-state index contributed by atoms with van der Waals surface area (Å²) < 4.78 is 9.61. The van der Waals surface area contributed by atoms with Gasteiger partial charge in [-0.1, -0.05) is 0 Å². The monoisotopic (exact) mass is 280 g/mol. The number of esters is 1. The molecule has 1 aromatic carbocycles. The van der Waals surface area contributed by atoms with Gasteiger partial charge in [0.2, 0.25) is 0 Å². The van der Waals surface area contributed by atoms with E-state index in [0.717, 1.165) is 6.08 Å². The van der Waals surface area contributed by atoms with Crippen molar-refractivity contribution in [3.8, 4) is 5.75 Å². The van der Waals surface area contributed by atoms with E-state index in [1.165, 1.54) is 7.11 Å². The van der Waals surface area contributed by atoms with Crippen LogP contribution in [0, 0.1) is 0 Å². The van der Waals surface area contributed by atoms with Gasteiger partial charge in [-0.3, -0.25) is 4.79 Å². The number of nitrogens with one attached hydrogen (secondary N) is 1. The summed E-state index contributed by atoms with van der Waals surface area (Å²) >= 11 is 0. The number of methoxy groups -OCH3 is 1. The first kappa shape index (κ1) is 15.5. The number of nitrogens with two attached hydrogens (primary N) is 1. The molecule has 108 valence electrons. The second-order valence-electron chi connectivity index (χ2n) is 3.67. The molecule has 7 nitrogen and oxygen atoms in total. The lowest BCUT2D eigenvalue weighted by Crippen LogP contribution is -2.21. The lowest BCUT2D eigenvalue weighted by molar-refractivity contribution is -0.135. The van der Waals surface area contributed by atoms with E-state index in [2.05, 4.69) is 10.1 Å². The number of aliphatic hydroxyl groups is 1. The first-order chi connectivity index (χ1) is 9.56. The maximum absolute atomic E-state index is 11.2. The first-order valence-electron chi connectivity index (χ1n) is 5.77. The van der Waals surface area contributed by atoms with E-state index in [4.69, 9.17) is 15.6 Å². The largest absolute Gasteiger partial charge is 0.491 e. The summed E-state index contributed by atoms with van der Waals surface area (Å²) in [7, 11) is 1.20. The van der Waals surface area contributed by atoms with Gasteiger partial charge in [-0.15, -0.1) is 0 Å². The van der Waals surface area contributed by atoms with Crippen molar-refractivity contribution in [1.29, 1.82) is 0 Å². The third-order valence-electron chi connectivity index (χ3n) is 2.22. The molecule has 20 heavy (non-hydrogen) atoms. The van der Waals surface area contributed by atoms with Gasteiger partial charge in [-0.2, -0.15) is 0 Å². The number of benzene rings is 1. The van der Waals surface area contributed by atoms with Gasteiger partial charge >= 0.3 is 5.97 Å². The molecule has 4 N–H and O–H groups in total. The summed E-state index contributed by atoms with van der Waals surface area (Å²) in [6, 6.07) is 6.57. The molecule has 0 atom stereocenters. The average molecular weight is 280 g/mol. The Kier molecular flexibility index (Phi) is 6.05. The summed E-state index contributed by atoms with van der Waals surface area (Å²) in [6.45, 7) is 0.120. The Morgan fingerprint density at radius 2 is 2.00 bits per heavy atom. The Bertz CT molecular complexity index is 496. The molecule has 0 saturated carbocycles. The SMILES string of the molecule is COC(=O)/C=C(\Nc1ccc(OCCO)cc1)C(N)=O. The van der Waals surface area contributed by atoms with Crippen molar-refractivity contribution in [1.82, 2.24) is 0 Å². The van der Waals surface area contributed by atoms with Crippen LogP contribution in [0.3, 0.4) is 0 Å². The molecule has 0 aliphatic carbocycles. The highest BCUT2D eigenvalue weighted by molar-refractivity contribution is 6.00. The molecule has 0 aliphatic rings. The molecule has 0 unspecified atom stereocenters. The maximum atomic E-state index is 11.2. The third-order valence-corrected chi connectivity index (χ3v) is 2.22. The highest BCUT2D eigenvalue weighted by atomic mass is 16.5. The number of hydrogen-bond acceptors (Lipinski definition) is 6. The number of carbonyl (C=O) groups is 2. The van der Waals surface area contributed by atoms with Crippen molar-refractivity contribution in [2.24, 2.45) is 5.73 Å². The number of primary amides is 1. The molecule has 0 aromatic heterocycles. The van der Waals surface area contributed by atoms with Gasteiger partial charge in [0.25, 0.3) is 5.91 Å². The number of carbonyl (C=O) groups excluding carboxylic acids is 2. The standard InChI is InChI=1S/C13H16N2O5/c1-19-12(17)8-11(13(14)18)15-9-2-4-10(5-3-9)20-7-6-16/h2-5,8,15-16H,6-7H2,1H3,(H2,14,18)/b11-8-. The van der Waals surface area contributed by atoms with Crippen molar-refractivity contribution < 1.29 is 24.2 Å². The number of amides is 1. The van der Waals surface area contributed by atoms with E-state index in [0.29, 0.717) is 11.4 Å². The van der Waals surface area contributed by atoms with Crippen LogP contribution in [0.15, 0.2) is 36.0 Å². The number of ether oxygens (including phenoxy) is 2. The summed E-state index contributed by atoms with van der Waals surface area (Å²) in [5.74, 6) is -0.896. The fourth-order valence-corrected chi connectivity index (χ4v) is 1.30. The Labute approximate surface area is 116 Å². The molecule has 0 saturated heterocycles. The van der Waals surface area contributed by atoms with Crippen LogP contribution < -0.4 is 15.8 Å². The van der Waals surface area contributed by atoms with Gasteiger partial charge in [0, 0.05) is 5.69 Å². The summed E-state index contributed by atoms with van der Waals surface area (Å²) in [5, 5.41) is 11.3. The fourth-order valence-electron chi connectivity index (χ4n) is 1.30. The van der Waals surface area contributed by atoms with E-state index in [1.807, 2.05) is 0 Å². The Morgan fingerprint density at radius 1 is 1.35 bits per heavy atom. The first-order valence-corrected chi connectivity index (χ1v) is 5.77. The van der Waals surface area contributed by atoms with E-state index < -0.39 is 11.9 Å². The molecule has 7 heteroatoms. The molecule has 0 aliphatic heterocycles. The van der Waals surface area contributed by atoms with Gasteiger partial charge in [-0.25, -0.2) is 4.79 Å². The zero-order chi connectivity index (χ0) is 15.0. The lowest BCUT2D eigenvalue weighted by Gasteiger charge is -2.09. The van der Waals surface area contributed by atoms with Crippen LogP contribution in [0.25, 0.3) is 0 Å². The summed E-state index contributed by atoms with van der Waals surface area (Å²) in [4.78, 5) is 22.3. The molecule has 0 spiro atoms. The Hall–Kier alpha value is -2.54. The van der Waals surface area contributed by atoms with Crippen molar-refractivity contribution in [2.45, 2.75) is 0 Å². The Morgan fingerprint density at radius 3 is 2.50 bits per heavy atom. The van der Waals surface area contributed by atoms with E-state index in [9.17, 15) is 9.59 Å². The second-order valence-corrected chi connectivity index (χ2v) is 3.67. The third kappa shape index (κ3) is 4.99. The topological polar surface area (TPSA) is 111 Å². The normalized spacial score (nSPS) is 10.8. The smallest absolute Gasteiger partial charge is 0.332 e. The summed E-state index contributed by atoms with van der Waals surface area (Å²) in [5.41, 5.74) is 5.62. The minimum Gasteiger partial charge on any atom is -0.491 e. The van der Waals surface area contributed by atoms with Crippen LogP contribution >= 0.6 is 0 Å². The van der Waals surface area contributed by atoms with E-state index in [-0.39, 0.29) is 18.9 Å². The number of aliphatic hydroxyl groups excluding tert-OH is 1. The van der Waals surface area contributed by atoms with E-state index >= 15 is 0 Å². The molecule has 1 rings (SSSR count). The van der Waals surface area contributed by atoms with Gasteiger partial charge in [-0.05, 0) is 24.3 Å². The van der Waals surface area contributed by atoms with Gasteiger partial charge in [0.1, 0.15) is 18.1 Å². The molecule has 0 bridgehead atoms. The number of hydrogen-bond donors (Lipinski definition) is 3. The minimum atomic E-state index is -0.781. The maximum Gasteiger partial charge on any atom is 0.332 e. The van der Waals surface area contributed by atoms with Crippen LogP contribution in [0.1, 0.15) is 0 Å². The number of rotatable bonds is 7. The van der Waals surface area contributed by atoms with Gasteiger partial charge in [0.15, 0.2) is 0 Å². The van der Waals surface area contributed by atoms with Gasteiger partial charge < -0.3 is 25.6 Å². The quantitative estimate of drug-likeness (QED) is 0.479. The molecule has 0 heterocycles. The average Bonchev–Trinajstić information content (AvgIpc) is 2.45. The van der Waals surface area contributed by atoms with Crippen LogP contribution in [0.2, 0.25) is 0 Å². The lowest BCUT2D eigenvalue weighted by atomic mass is 10.2. The van der Waals surface area contributed by atoms with Crippen LogP contribution in [0.5, 0.6) is 5.75 Å². The zero-order valence-electron chi connectivity index (χ0n) is 11.0. The minimum absolute atomic E-state index is 0.0757. The second kappa shape index (κ2) is 7.80. The van der Waals surface area contributed by atoms with Crippen molar-refractivity contribution in [2.75, 3.05) is 25.6 Å². The van der Waals surface area contributed by atoms with Crippen LogP contribution in [-0.4, -0.2) is 37.3 Å². The van der Waals surface area contributed by atoms with Gasteiger partial charge in [0.05, 0.1) is 19.8 Å². The zero-order valence-corrected chi connectivity index (χ0v) is 11.0. The summed E-state index contributed by atoms with van der Waals surface area (Å²) in [6.07, 6.45) is 0.971. The van der Waals surface area contributed by atoms with E-state index in [1.54, 1.807) is 24.3 Å². The fraction of sp³-hybridized carbons (Fsp3) is 0.231. The molecular weight excluding hydrogens is 264 g/mol. The van der Waals surface area contributed by atoms with Crippen molar-refractivity contribution in [3.05, 3.63) is 36.0 Å². The molecule has 1 aromatic rings. The predicted molar refractivity (Wildman–Crippen MR) is 71.9 cm³/mol. The van der Waals surface area contributed by atoms with Crippen molar-refractivity contribution >= 4 is 17.6 Å². The van der Waals surface area contributed by atoms with Crippen molar-refractivity contribution in [3.63, 3.8) is 0 Å². The highest BCUT2D eigenvalue weighted by Crippen LogP contribution is 2.17. The van der Waals surface area contributed by atoms with Crippen LogP contribution in [0.4, 0.5) is 5.69 Å². The predicted octanol–water partition coefficient (Wildman–Crippen LogP) is 0.0118. The Balaban J connectivity index is 2.77. The molecular formula is C13H16N2O5. The highest BCUT2D eigenvalue weighted by Gasteiger charge is 2.08. The van der Waals surface area contributed by atoms with Crippen LogP contribution in [-0.2, 0) is 14.3 Å². The molecule has 0 fully saturated rings.